The molecule has 0 aliphatic rings. The van der Waals surface area contributed by atoms with E-state index in [1.807, 2.05) is 51.1 Å². The van der Waals surface area contributed by atoms with Gasteiger partial charge in [0, 0.05) is 21.1 Å². The Morgan fingerprint density at radius 2 is 1.58 bits per heavy atom. The molecule has 0 radical (unpaired) electrons. The molecule has 0 spiro atoms. The SMILES string of the molecule is CC(C)(C)OC(=O)C(COCC[Si](C)(C)C)c1ccc(CC(NC(=O)OCc2ccccc2)C(=O)O)cc1. The van der Waals surface area contributed by atoms with E-state index in [4.69, 9.17) is 14.2 Å². The van der Waals surface area contributed by atoms with Crippen LogP contribution in [0.5, 0.6) is 0 Å². The van der Waals surface area contributed by atoms with Crippen molar-refractivity contribution >= 4 is 26.1 Å². The van der Waals surface area contributed by atoms with Gasteiger partial charge in [-0.3, -0.25) is 4.79 Å². The molecule has 2 rings (SSSR count). The zero-order valence-corrected chi connectivity index (χ0v) is 24.3. The van der Waals surface area contributed by atoms with E-state index in [-0.39, 0.29) is 25.6 Å². The first-order valence-electron chi connectivity index (χ1n) is 12.8. The molecule has 0 saturated carbocycles. The summed E-state index contributed by atoms with van der Waals surface area (Å²) in [6.45, 7) is 13.1. The van der Waals surface area contributed by atoms with Crippen LogP contribution >= 0.6 is 0 Å². The van der Waals surface area contributed by atoms with Crippen molar-refractivity contribution < 1.29 is 33.7 Å². The maximum Gasteiger partial charge on any atom is 0.408 e. The smallest absolute Gasteiger partial charge is 0.408 e. The van der Waals surface area contributed by atoms with E-state index in [1.54, 1.807) is 24.3 Å². The van der Waals surface area contributed by atoms with Gasteiger partial charge in [-0.25, -0.2) is 9.59 Å². The van der Waals surface area contributed by atoms with E-state index in [9.17, 15) is 19.5 Å². The second-order valence-corrected chi connectivity index (χ2v) is 17.1. The summed E-state index contributed by atoms with van der Waals surface area (Å²) in [7, 11) is -1.27. The van der Waals surface area contributed by atoms with Crippen LogP contribution in [0.1, 0.15) is 43.4 Å². The molecule has 0 aliphatic heterocycles. The third kappa shape index (κ3) is 11.9. The fraction of sp³-hybridized carbons (Fsp3) is 0.483. The number of esters is 1. The number of carboxylic acids is 1. The lowest BCUT2D eigenvalue weighted by Crippen LogP contribution is -2.42. The van der Waals surface area contributed by atoms with Crippen LogP contribution in [0.25, 0.3) is 0 Å². The van der Waals surface area contributed by atoms with Gasteiger partial charge in [-0.05, 0) is 43.5 Å². The molecule has 0 bridgehead atoms. The van der Waals surface area contributed by atoms with Gasteiger partial charge in [0.1, 0.15) is 24.2 Å². The lowest BCUT2D eigenvalue weighted by Gasteiger charge is -2.25. The molecule has 0 fully saturated rings. The van der Waals surface area contributed by atoms with Gasteiger partial charge in [-0.1, -0.05) is 74.2 Å². The lowest BCUT2D eigenvalue weighted by molar-refractivity contribution is -0.158. The number of nitrogens with one attached hydrogen (secondary N) is 1. The molecule has 9 heteroatoms. The Morgan fingerprint density at radius 1 is 0.947 bits per heavy atom. The number of alkyl carbamates (subject to hydrolysis) is 1. The molecule has 0 aliphatic carbocycles. The van der Waals surface area contributed by atoms with Crippen LogP contribution in [0.2, 0.25) is 25.7 Å². The first-order valence-corrected chi connectivity index (χ1v) is 16.5. The third-order valence-corrected chi connectivity index (χ3v) is 7.30. The molecule has 208 valence electrons. The Morgan fingerprint density at radius 3 is 2.13 bits per heavy atom. The van der Waals surface area contributed by atoms with Crippen molar-refractivity contribution in [1.82, 2.24) is 5.32 Å². The average Bonchev–Trinajstić information content (AvgIpc) is 2.82. The van der Waals surface area contributed by atoms with Crippen molar-refractivity contribution in [3.05, 3.63) is 71.3 Å². The van der Waals surface area contributed by atoms with Crippen LogP contribution in [0.4, 0.5) is 4.79 Å². The predicted octanol–water partition coefficient (Wildman–Crippen LogP) is 5.39. The molecule has 2 N–H and O–H groups in total. The molecule has 8 nitrogen and oxygen atoms in total. The van der Waals surface area contributed by atoms with Gasteiger partial charge in [0.2, 0.25) is 0 Å². The molecule has 0 saturated heterocycles. The molecule has 2 unspecified atom stereocenters. The molecule has 0 aromatic heterocycles. The largest absolute Gasteiger partial charge is 0.480 e. The number of hydrogen-bond donors (Lipinski definition) is 2. The summed E-state index contributed by atoms with van der Waals surface area (Å²) in [4.78, 5) is 36.9. The predicted molar refractivity (Wildman–Crippen MR) is 149 cm³/mol. The maximum absolute atomic E-state index is 13.0. The van der Waals surface area contributed by atoms with Crippen LogP contribution in [-0.2, 0) is 36.8 Å². The van der Waals surface area contributed by atoms with Crippen LogP contribution in [0, 0.1) is 0 Å². The maximum atomic E-state index is 13.0. The van der Waals surface area contributed by atoms with E-state index in [0.29, 0.717) is 12.2 Å². The highest BCUT2D eigenvalue weighted by Gasteiger charge is 2.28. The topological polar surface area (TPSA) is 111 Å². The summed E-state index contributed by atoms with van der Waals surface area (Å²) in [5, 5.41) is 12.0. The summed E-state index contributed by atoms with van der Waals surface area (Å²) in [5.41, 5.74) is 1.57. The van der Waals surface area contributed by atoms with Crippen molar-refractivity contribution in [2.24, 2.45) is 0 Å². The van der Waals surface area contributed by atoms with Gasteiger partial charge < -0.3 is 24.6 Å². The number of aliphatic carboxylic acids is 1. The Labute approximate surface area is 226 Å². The van der Waals surface area contributed by atoms with Crippen molar-refractivity contribution in [3.8, 4) is 0 Å². The number of hydrogen-bond acceptors (Lipinski definition) is 6. The highest BCUT2D eigenvalue weighted by atomic mass is 28.3. The minimum atomic E-state index is -1.27. The number of amides is 1. The molecular weight excluding hydrogens is 502 g/mol. The van der Waals surface area contributed by atoms with Crippen LogP contribution in [0.15, 0.2) is 54.6 Å². The third-order valence-electron chi connectivity index (χ3n) is 5.60. The fourth-order valence-corrected chi connectivity index (χ4v) is 4.24. The summed E-state index contributed by atoms with van der Waals surface area (Å²) >= 11 is 0. The first-order chi connectivity index (χ1) is 17.7. The van der Waals surface area contributed by atoms with Crippen LogP contribution < -0.4 is 5.32 Å². The summed E-state index contributed by atoms with van der Waals surface area (Å²) in [6, 6.07) is 16.0. The van der Waals surface area contributed by atoms with Gasteiger partial charge >= 0.3 is 18.0 Å². The second-order valence-electron chi connectivity index (χ2n) is 11.5. The second kappa shape index (κ2) is 14.1. The molecule has 0 heterocycles. The van der Waals surface area contributed by atoms with Crippen molar-refractivity contribution in [2.45, 2.75) is 77.0 Å². The van der Waals surface area contributed by atoms with Gasteiger partial charge in [0.25, 0.3) is 0 Å². The molecule has 2 aromatic rings. The first kappa shape index (κ1) is 31.0. The quantitative estimate of drug-likeness (QED) is 0.198. The fourth-order valence-electron chi connectivity index (χ4n) is 3.48. The van der Waals surface area contributed by atoms with E-state index >= 15 is 0 Å². The Bertz CT molecular complexity index is 1040. The minimum absolute atomic E-state index is 0.0414. The van der Waals surface area contributed by atoms with Crippen LogP contribution in [-0.4, -0.2) is 56.1 Å². The summed E-state index contributed by atoms with van der Waals surface area (Å²) in [6.07, 6.45) is -0.752. The van der Waals surface area contributed by atoms with Gasteiger partial charge in [0.05, 0.1) is 6.61 Å². The number of rotatable bonds is 13. The van der Waals surface area contributed by atoms with E-state index in [2.05, 4.69) is 25.0 Å². The highest BCUT2D eigenvalue weighted by Crippen LogP contribution is 2.23. The molecule has 1 amide bonds. The molecule has 2 aromatic carbocycles. The molecule has 38 heavy (non-hydrogen) atoms. The van der Waals surface area contributed by atoms with Crippen molar-refractivity contribution in [2.75, 3.05) is 13.2 Å². The Kier molecular flexibility index (Phi) is 11.5. The zero-order valence-electron chi connectivity index (χ0n) is 23.3. The van der Waals surface area contributed by atoms with Gasteiger partial charge in [-0.2, -0.15) is 0 Å². The zero-order chi connectivity index (χ0) is 28.3. The van der Waals surface area contributed by atoms with E-state index in [0.717, 1.165) is 17.2 Å². The number of carbonyl (C=O) groups excluding carboxylic acids is 2. The van der Waals surface area contributed by atoms with Gasteiger partial charge in [-0.15, -0.1) is 0 Å². The minimum Gasteiger partial charge on any atom is -0.480 e. The number of ether oxygens (including phenoxy) is 3. The standard InChI is InChI=1S/C29H41NO7Si/c1-29(2,3)37-27(33)24(20-35-16-17-38(4,5)6)23-14-12-21(13-15-23)18-25(26(31)32)30-28(34)36-19-22-10-8-7-9-11-22/h7-15,24-25H,16-20H2,1-6H3,(H,30,34)(H,31,32). The Hall–Kier alpha value is -3.17. The van der Waals surface area contributed by atoms with E-state index < -0.39 is 37.7 Å². The normalized spacial score (nSPS) is 13.3. The number of benzene rings is 2. The summed E-state index contributed by atoms with van der Waals surface area (Å²) < 4.78 is 16.7. The highest BCUT2D eigenvalue weighted by molar-refractivity contribution is 6.76. The van der Waals surface area contributed by atoms with Gasteiger partial charge in [0.15, 0.2) is 0 Å². The summed E-state index contributed by atoms with van der Waals surface area (Å²) in [5.74, 6) is -2.15. The molecule has 2 atom stereocenters. The van der Waals surface area contributed by atoms with Crippen molar-refractivity contribution in [3.63, 3.8) is 0 Å². The lowest BCUT2D eigenvalue weighted by atomic mass is 9.96. The van der Waals surface area contributed by atoms with E-state index in [1.165, 1.54) is 0 Å². The monoisotopic (exact) mass is 543 g/mol. The van der Waals surface area contributed by atoms with Crippen LogP contribution in [0.3, 0.4) is 0 Å². The number of carbonyl (C=O) groups is 3. The average molecular weight is 544 g/mol. The van der Waals surface area contributed by atoms with Crippen molar-refractivity contribution in [1.29, 1.82) is 0 Å². The number of carboxylic acid groups (broad SMARTS) is 1. The Balaban J connectivity index is 2.04. The molecular formula is C29H41NO7Si.